The monoisotopic (exact) mass is 375 g/mol. The van der Waals surface area contributed by atoms with Gasteiger partial charge in [0.25, 0.3) is 0 Å². The fourth-order valence-corrected chi connectivity index (χ4v) is 3.60. The van der Waals surface area contributed by atoms with E-state index in [4.69, 9.17) is 0 Å². The summed E-state index contributed by atoms with van der Waals surface area (Å²) in [6, 6.07) is 11.3. The predicted molar refractivity (Wildman–Crippen MR) is 105 cm³/mol. The zero-order valence-electron chi connectivity index (χ0n) is 15.1. The molecule has 0 aliphatic carbocycles. The van der Waals surface area contributed by atoms with Crippen molar-refractivity contribution in [1.29, 1.82) is 0 Å². The van der Waals surface area contributed by atoms with Gasteiger partial charge in [-0.1, -0.05) is 30.3 Å². The van der Waals surface area contributed by atoms with Crippen molar-refractivity contribution < 1.29 is 4.39 Å². The molecule has 1 aliphatic rings. The van der Waals surface area contributed by atoms with Gasteiger partial charge in [-0.2, -0.15) is 5.10 Å². The van der Waals surface area contributed by atoms with Crippen LogP contribution < -0.4 is 9.80 Å². The van der Waals surface area contributed by atoms with Crippen LogP contribution in [0.15, 0.2) is 61.3 Å². The number of piperazine rings is 1. The number of rotatable bonds is 3. The quantitative estimate of drug-likeness (QED) is 0.549. The van der Waals surface area contributed by atoms with Gasteiger partial charge < -0.3 is 9.80 Å². The molecule has 0 atom stereocenters. The lowest BCUT2D eigenvalue weighted by atomic mass is 10.1. The van der Waals surface area contributed by atoms with Gasteiger partial charge in [-0.05, 0) is 6.07 Å². The molecule has 0 spiro atoms. The number of hydrogen-bond acceptors (Lipinski definition) is 6. The largest absolute Gasteiger partial charge is 0.351 e. The lowest BCUT2D eigenvalue weighted by Gasteiger charge is -2.36. The molecule has 5 rings (SSSR count). The van der Waals surface area contributed by atoms with E-state index in [-0.39, 0.29) is 5.82 Å². The molecule has 0 amide bonds. The van der Waals surface area contributed by atoms with E-state index >= 15 is 4.39 Å². The van der Waals surface area contributed by atoms with Crippen molar-refractivity contribution in [3.8, 4) is 11.3 Å². The summed E-state index contributed by atoms with van der Waals surface area (Å²) in [5.41, 5.74) is 2.05. The van der Waals surface area contributed by atoms with Crippen LogP contribution in [0.25, 0.3) is 16.8 Å². The third kappa shape index (κ3) is 2.83. The first-order chi connectivity index (χ1) is 13.8. The molecule has 1 fully saturated rings. The predicted octanol–water partition coefficient (Wildman–Crippen LogP) is 2.65. The first kappa shape index (κ1) is 16.6. The van der Waals surface area contributed by atoms with Gasteiger partial charge in [0.05, 0.1) is 6.20 Å². The lowest BCUT2D eigenvalue weighted by molar-refractivity contribution is 0.584. The van der Waals surface area contributed by atoms with E-state index in [1.54, 1.807) is 12.4 Å². The van der Waals surface area contributed by atoms with Crippen molar-refractivity contribution in [1.82, 2.24) is 24.6 Å². The fourth-order valence-electron chi connectivity index (χ4n) is 3.60. The topological polar surface area (TPSA) is 62.5 Å². The first-order valence-corrected chi connectivity index (χ1v) is 9.15. The van der Waals surface area contributed by atoms with Gasteiger partial charge in [0.1, 0.15) is 17.5 Å². The van der Waals surface area contributed by atoms with Gasteiger partial charge in [-0.3, -0.25) is 0 Å². The summed E-state index contributed by atoms with van der Waals surface area (Å²) in [6.45, 7) is 2.75. The normalized spacial score (nSPS) is 14.6. The number of benzene rings is 1. The van der Waals surface area contributed by atoms with Crippen LogP contribution in [0, 0.1) is 5.82 Å². The minimum Gasteiger partial charge on any atom is -0.351 e. The molecule has 1 aromatic carbocycles. The Labute approximate surface area is 161 Å². The summed E-state index contributed by atoms with van der Waals surface area (Å²) in [5, 5.41) is 4.26. The minimum absolute atomic E-state index is 0.332. The van der Waals surface area contributed by atoms with Crippen molar-refractivity contribution in [2.24, 2.45) is 0 Å². The van der Waals surface area contributed by atoms with Crippen LogP contribution in [0.2, 0.25) is 0 Å². The van der Waals surface area contributed by atoms with Crippen molar-refractivity contribution in [2.45, 2.75) is 0 Å². The Bertz CT molecular complexity index is 1100. The van der Waals surface area contributed by atoms with Crippen LogP contribution >= 0.6 is 0 Å². The summed E-state index contributed by atoms with van der Waals surface area (Å²) >= 11 is 0. The van der Waals surface area contributed by atoms with Gasteiger partial charge in [-0.15, -0.1) is 0 Å². The van der Waals surface area contributed by atoms with Gasteiger partial charge in [0, 0.05) is 44.1 Å². The Morgan fingerprint density at radius 1 is 0.786 bits per heavy atom. The molecule has 7 nitrogen and oxygen atoms in total. The second-order valence-electron chi connectivity index (χ2n) is 6.61. The highest BCUT2D eigenvalue weighted by atomic mass is 19.1. The molecule has 3 aromatic heterocycles. The number of nitrogens with zero attached hydrogens (tertiary/aromatic N) is 7. The Kier molecular flexibility index (Phi) is 4.08. The third-order valence-electron chi connectivity index (χ3n) is 5.00. The van der Waals surface area contributed by atoms with Gasteiger partial charge in [-0.25, -0.2) is 23.9 Å². The lowest BCUT2D eigenvalue weighted by Crippen LogP contribution is -2.47. The molecule has 0 unspecified atom stereocenters. The number of halogens is 1. The molecule has 1 aliphatic heterocycles. The van der Waals surface area contributed by atoms with E-state index in [1.165, 1.54) is 6.33 Å². The van der Waals surface area contributed by atoms with E-state index in [9.17, 15) is 0 Å². The van der Waals surface area contributed by atoms with Gasteiger partial charge in [0.15, 0.2) is 17.5 Å². The number of hydrogen-bond donors (Lipinski definition) is 0. The molecule has 4 heterocycles. The van der Waals surface area contributed by atoms with Crippen LogP contribution in [0.5, 0.6) is 0 Å². The highest BCUT2D eigenvalue weighted by Gasteiger charge is 2.24. The Morgan fingerprint density at radius 2 is 1.54 bits per heavy atom. The molecular formula is C20H18FN7. The number of aromatic nitrogens is 5. The second kappa shape index (κ2) is 6.88. The summed E-state index contributed by atoms with van der Waals surface area (Å²) in [7, 11) is 0. The highest BCUT2D eigenvalue weighted by Crippen LogP contribution is 2.27. The van der Waals surface area contributed by atoms with Crippen LogP contribution in [0.1, 0.15) is 0 Å². The summed E-state index contributed by atoms with van der Waals surface area (Å²) in [6.07, 6.45) is 6.77. The Balaban J connectivity index is 1.38. The van der Waals surface area contributed by atoms with Crippen molar-refractivity contribution >= 4 is 17.2 Å². The summed E-state index contributed by atoms with van der Waals surface area (Å²) < 4.78 is 16.9. The van der Waals surface area contributed by atoms with E-state index < -0.39 is 0 Å². The molecule has 140 valence electrons. The molecule has 0 radical (unpaired) electrons. The molecule has 8 heteroatoms. The maximum atomic E-state index is 15.1. The third-order valence-corrected chi connectivity index (χ3v) is 5.00. The van der Waals surface area contributed by atoms with E-state index in [2.05, 4.69) is 25.0 Å². The smallest absolute Gasteiger partial charge is 0.191 e. The summed E-state index contributed by atoms with van der Waals surface area (Å²) in [4.78, 5) is 17.1. The van der Waals surface area contributed by atoms with Crippen LogP contribution in [-0.4, -0.2) is 50.7 Å². The van der Waals surface area contributed by atoms with Gasteiger partial charge in [0.2, 0.25) is 0 Å². The minimum atomic E-state index is -0.377. The molecule has 0 N–H and O–H groups in total. The first-order valence-electron chi connectivity index (χ1n) is 9.15. The average Bonchev–Trinajstić information content (AvgIpc) is 3.24. The highest BCUT2D eigenvalue weighted by molar-refractivity contribution is 5.69. The van der Waals surface area contributed by atoms with Crippen molar-refractivity contribution in [3.63, 3.8) is 0 Å². The number of anilines is 2. The average molecular weight is 375 g/mol. The van der Waals surface area contributed by atoms with Crippen molar-refractivity contribution in [3.05, 3.63) is 67.1 Å². The maximum absolute atomic E-state index is 15.1. The van der Waals surface area contributed by atoms with E-state index in [1.807, 2.05) is 52.0 Å². The van der Waals surface area contributed by atoms with Crippen LogP contribution in [0.3, 0.4) is 0 Å². The zero-order valence-corrected chi connectivity index (χ0v) is 15.1. The molecule has 4 aromatic rings. The van der Waals surface area contributed by atoms with Crippen molar-refractivity contribution in [2.75, 3.05) is 36.0 Å². The van der Waals surface area contributed by atoms with E-state index in [0.29, 0.717) is 24.6 Å². The maximum Gasteiger partial charge on any atom is 0.191 e. The standard InChI is InChI=1S/C20H18FN7/c21-17-18(15-4-2-1-3-5-15)23-14-24-20(17)27-12-10-26(11-13-27)19-16-6-7-25-28(16)9-8-22-19/h1-9,14H,10-13H2. The second-order valence-corrected chi connectivity index (χ2v) is 6.61. The van der Waals surface area contributed by atoms with Crippen LogP contribution in [0.4, 0.5) is 16.0 Å². The van der Waals surface area contributed by atoms with Crippen LogP contribution in [-0.2, 0) is 0 Å². The van der Waals surface area contributed by atoms with E-state index in [0.717, 1.165) is 30.0 Å². The van der Waals surface area contributed by atoms with Gasteiger partial charge >= 0.3 is 0 Å². The molecule has 1 saturated heterocycles. The molecule has 0 bridgehead atoms. The Morgan fingerprint density at radius 3 is 2.32 bits per heavy atom. The SMILES string of the molecule is Fc1c(-c2ccccc2)ncnc1N1CCN(c2nccn3nccc23)CC1. The Hall–Kier alpha value is -3.55. The summed E-state index contributed by atoms with van der Waals surface area (Å²) in [5.74, 6) is 0.870. The molecule has 28 heavy (non-hydrogen) atoms. The molecule has 0 saturated carbocycles. The number of fused-ring (bicyclic) bond motifs is 1. The zero-order chi connectivity index (χ0) is 18.9. The fraction of sp³-hybridized carbons (Fsp3) is 0.200. The molecular weight excluding hydrogens is 357 g/mol.